The Morgan fingerprint density at radius 1 is 1.19 bits per heavy atom. The van der Waals surface area contributed by atoms with Crippen LogP contribution in [0.2, 0.25) is 0 Å². The highest BCUT2D eigenvalue weighted by atomic mass is 16.5. The average molecular weight is 367 g/mol. The fraction of sp³-hybridized carbons (Fsp3) is 0.200. The molecule has 7 heteroatoms. The van der Waals surface area contributed by atoms with Gasteiger partial charge in [0.1, 0.15) is 28.9 Å². The van der Waals surface area contributed by atoms with Gasteiger partial charge in [0.05, 0.1) is 19.9 Å². The number of ether oxygens (including phenoxy) is 2. The summed E-state index contributed by atoms with van der Waals surface area (Å²) in [6, 6.07) is 13.8. The normalized spacial score (nSPS) is 10.6. The Hall–Kier alpha value is -3.66. The maximum absolute atomic E-state index is 12.2. The van der Waals surface area contributed by atoms with Crippen molar-refractivity contribution in [2.45, 2.75) is 6.42 Å². The number of carbonyl (C=O) groups excluding carboxylic acids is 1. The molecule has 3 N–H and O–H groups in total. The van der Waals surface area contributed by atoms with E-state index in [9.17, 15) is 15.2 Å². The molecule has 27 heavy (non-hydrogen) atoms. The molecular weight excluding hydrogens is 346 g/mol. The fourth-order valence-electron chi connectivity index (χ4n) is 2.29. The van der Waals surface area contributed by atoms with Crippen molar-refractivity contribution in [2.75, 3.05) is 26.1 Å². The van der Waals surface area contributed by atoms with Crippen LogP contribution in [0.4, 0.5) is 5.69 Å². The highest BCUT2D eigenvalue weighted by Crippen LogP contribution is 2.29. The molecule has 7 nitrogen and oxygen atoms in total. The average Bonchev–Trinajstić information content (AvgIpc) is 2.70. The zero-order chi connectivity index (χ0) is 19.6. The molecule has 2 aromatic carbocycles. The molecule has 140 valence electrons. The second-order valence-corrected chi connectivity index (χ2v) is 5.55. The molecule has 0 spiro atoms. The van der Waals surface area contributed by atoms with Gasteiger partial charge in [-0.05, 0) is 36.2 Å². The molecule has 0 aromatic heterocycles. The van der Waals surface area contributed by atoms with Gasteiger partial charge in [-0.3, -0.25) is 4.79 Å². The van der Waals surface area contributed by atoms with Gasteiger partial charge in [0.25, 0.3) is 5.91 Å². The smallest absolute Gasteiger partial charge is 0.263 e. The van der Waals surface area contributed by atoms with E-state index in [1.165, 1.54) is 13.3 Å². The largest absolute Gasteiger partial charge is 0.508 e. The third-order valence-electron chi connectivity index (χ3n) is 3.78. The maximum Gasteiger partial charge on any atom is 0.263 e. The van der Waals surface area contributed by atoms with Crippen molar-refractivity contribution in [1.82, 2.24) is 5.32 Å². The molecular formula is C20H21N3O4. The Morgan fingerprint density at radius 2 is 1.93 bits per heavy atom. The molecule has 0 atom stereocenters. The molecule has 0 fully saturated rings. The van der Waals surface area contributed by atoms with Crippen molar-refractivity contribution in [1.29, 1.82) is 5.26 Å². The number of rotatable bonds is 8. The van der Waals surface area contributed by atoms with E-state index in [0.29, 0.717) is 30.2 Å². The monoisotopic (exact) mass is 367 g/mol. The van der Waals surface area contributed by atoms with Gasteiger partial charge >= 0.3 is 0 Å². The van der Waals surface area contributed by atoms with Crippen molar-refractivity contribution >= 4 is 11.6 Å². The van der Waals surface area contributed by atoms with E-state index in [-0.39, 0.29) is 11.3 Å². The quantitative estimate of drug-likeness (QED) is 0.489. The van der Waals surface area contributed by atoms with E-state index in [1.807, 2.05) is 6.07 Å². The lowest BCUT2D eigenvalue weighted by molar-refractivity contribution is -0.117. The fourth-order valence-corrected chi connectivity index (χ4v) is 2.29. The molecule has 2 rings (SSSR count). The van der Waals surface area contributed by atoms with Gasteiger partial charge in [0.2, 0.25) is 0 Å². The number of benzene rings is 2. The lowest BCUT2D eigenvalue weighted by atomic mass is 10.1. The molecule has 0 saturated carbocycles. The second kappa shape index (κ2) is 9.73. The zero-order valence-electron chi connectivity index (χ0n) is 15.2. The summed E-state index contributed by atoms with van der Waals surface area (Å²) in [6.45, 7) is 0.370. The number of amides is 1. The molecule has 0 heterocycles. The Labute approximate surface area is 157 Å². The van der Waals surface area contributed by atoms with E-state index in [4.69, 9.17) is 9.47 Å². The maximum atomic E-state index is 12.2. The van der Waals surface area contributed by atoms with E-state index < -0.39 is 5.91 Å². The van der Waals surface area contributed by atoms with Crippen LogP contribution >= 0.6 is 0 Å². The molecule has 0 aliphatic carbocycles. The molecule has 0 saturated heterocycles. The summed E-state index contributed by atoms with van der Waals surface area (Å²) < 4.78 is 10.4. The Bertz CT molecular complexity index is 855. The van der Waals surface area contributed by atoms with Crippen molar-refractivity contribution in [2.24, 2.45) is 0 Å². The molecule has 0 aliphatic rings. The minimum absolute atomic E-state index is 0.0569. The standard InChI is InChI=1S/C20H21N3O4/c1-26-17-7-8-18(19(11-17)27-2)23-13-15(12-21)20(25)22-10-9-14-3-5-16(24)6-4-14/h3-8,11,13,23-24H,9-10H2,1-2H3,(H,22,25)/b15-13-. The lowest BCUT2D eigenvalue weighted by Gasteiger charge is -2.10. The molecule has 0 aliphatic heterocycles. The SMILES string of the molecule is COc1ccc(N/C=C(/C#N)C(=O)NCCc2ccc(O)cc2)c(OC)c1. The van der Waals surface area contributed by atoms with Gasteiger partial charge in [0.15, 0.2) is 0 Å². The highest BCUT2D eigenvalue weighted by molar-refractivity contribution is 5.97. The summed E-state index contributed by atoms with van der Waals surface area (Å²) in [5.41, 5.74) is 1.51. The Balaban J connectivity index is 1.95. The molecule has 0 bridgehead atoms. The molecule has 2 aromatic rings. The summed E-state index contributed by atoms with van der Waals surface area (Å²) in [7, 11) is 3.07. The summed E-state index contributed by atoms with van der Waals surface area (Å²) in [6.07, 6.45) is 1.92. The minimum Gasteiger partial charge on any atom is -0.508 e. The topological polar surface area (TPSA) is 104 Å². The number of nitriles is 1. The van der Waals surface area contributed by atoms with E-state index >= 15 is 0 Å². The van der Waals surface area contributed by atoms with Crippen molar-refractivity contribution in [3.05, 3.63) is 59.8 Å². The summed E-state index contributed by atoms with van der Waals surface area (Å²) >= 11 is 0. The van der Waals surface area contributed by atoms with Gasteiger partial charge in [-0.2, -0.15) is 5.26 Å². The Kier molecular flexibility index (Phi) is 7.08. The summed E-state index contributed by atoms with van der Waals surface area (Å²) in [5, 5.41) is 24.1. The number of methoxy groups -OCH3 is 2. The van der Waals surface area contributed by atoms with Gasteiger partial charge in [-0.1, -0.05) is 12.1 Å². The van der Waals surface area contributed by atoms with Crippen LogP contribution in [-0.2, 0) is 11.2 Å². The number of nitrogens with one attached hydrogen (secondary N) is 2. The minimum atomic E-state index is -0.476. The van der Waals surface area contributed by atoms with Crippen LogP contribution in [0, 0.1) is 11.3 Å². The van der Waals surface area contributed by atoms with Gasteiger partial charge in [-0.25, -0.2) is 0 Å². The predicted octanol–water partition coefficient (Wildman–Crippen LogP) is 2.59. The highest BCUT2D eigenvalue weighted by Gasteiger charge is 2.09. The van der Waals surface area contributed by atoms with Crippen LogP contribution in [0.5, 0.6) is 17.2 Å². The van der Waals surface area contributed by atoms with Gasteiger partial charge < -0.3 is 25.2 Å². The van der Waals surface area contributed by atoms with Crippen molar-refractivity contribution in [3.8, 4) is 23.3 Å². The van der Waals surface area contributed by atoms with E-state index in [0.717, 1.165) is 5.56 Å². The van der Waals surface area contributed by atoms with Gasteiger partial charge in [0, 0.05) is 18.8 Å². The second-order valence-electron chi connectivity index (χ2n) is 5.55. The van der Waals surface area contributed by atoms with Crippen molar-refractivity contribution in [3.63, 3.8) is 0 Å². The molecule has 0 unspecified atom stereocenters. The third-order valence-corrected chi connectivity index (χ3v) is 3.78. The number of carbonyl (C=O) groups is 1. The van der Waals surface area contributed by atoms with Gasteiger partial charge in [-0.15, -0.1) is 0 Å². The predicted molar refractivity (Wildman–Crippen MR) is 102 cm³/mol. The van der Waals surface area contributed by atoms with Crippen LogP contribution < -0.4 is 20.1 Å². The van der Waals surface area contributed by atoms with E-state index in [1.54, 1.807) is 49.6 Å². The lowest BCUT2D eigenvalue weighted by Crippen LogP contribution is -2.27. The first-order valence-electron chi connectivity index (χ1n) is 8.22. The van der Waals surface area contributed by atoms with Crippen molar-refractivity contribution < 1.29 is 19.4 Å². The number of hydrogen-bond acceptors (Lipinski definition) is 6. The number of phenolic OH excluding ortho intramolecular Hbond substituents is 1. The number of phenols is 1. The van der Waals surface area contributed by atoms with Crippen LogP contribution in [-0.4, -0.2) is 31.8 Å². The summed E-state index contributed by atoms with van der Waals surface area (Å²) in [4.78, 5) is 12.2. The zero-order valence-corrected chi connectivity index (χ0v) is 15.2. The number of nitrogens with zero attached hydrogens (tertiary/aromatic N) is 1. The first-order chi connectivity index (χ1) is 13.1. The number of anilines is 1. The first kappa shape index (κ1) is 19.7. The molecule has 1 amide bonds. The van der Waals surface area contributed by atoms with Crippen LogP contribution in [0.3, 0.4) is 0 Å². The Morgan fingerprint density at radius 3 is 2.56 bits per heavy atom. The third kappa shape index (κ3) is 5.68. The van der Waals surface area contributed by atoms with E-state index in [2.05, 4.69) is 10.6 Å². The molecule has 0 radical (unpaired) electrons. The number of hydrogen-bond donors (Lipinski definition) is 3. The van der Waals surface area contributed by atoms with Crippen LogP contribution in [0.25, 0.3) is 0 Å². The summed E-state index contributed by atoms with van der Waals surface area (Å²) in [5.74, 6) is 0.873. The van der Waals surface area contributed by atoms with Crippen LogP contribution in [0.15, 0.2) is 54.2 Å². The first-order valence-corrected chi connectivity index (χ1v) is 8.22. The number of aromatic hydroxyl groups is 1. The van der Waals surface area contributed by atoms with Crippen LogP contribution in [0.1, 0.15) is 5.56 Å².